The van der Waals surface area contributed by atoms with Gasteiger partial charge < -0.3 is 21.2 Å². The number of halogens is 1. The van der Waals surface area contributed by atoms with E-state index in [9.17, 15) is 9.59 Å². The zero-order valence-electron chi connectivity index (χ0n) is 16.0. The van der Waals surface area contributed by atoms with Crippen LogP contribution in [0.4, 0.5) is 5.95 Å². The first kappa shape index (κ1) is 20.9. The average Bonchev–Trinajstić information content (AvgIpc) is 2.98. The second-order valence-corrected chi connectivity index (χ2v) is 7.00. The summed E-state index contributed by atoms with van der Waals surface area (Å²) in [5, 5.41) is 0.155. The minimum atomic E-state index is -1.06. The standard InChI is InChI=1S/C16H18ClN5O4.K.H/c17-11-10-12(21-15(18)20-11)22(8-19-10)7-4-9-13(23)25-16(26-14(9)24)5-2-1-3-6-16;;/h8-9H,1-7H2,(H2,18,20,21);;/q;+1;-1. The maximum Gasteiger partial charge on any atom is 1.00 e. The van der Waals surface area contributed by atoms with Gasteiger partial charge in [0.15, 0.2) is 16.7 Å². The number of nitrogen functional groups attached to an aromatic ring is 1. The summed E-state index contributed by atoms with van der Waals surface area (Å²) < 4.78 is 12.7. The summed E-state index contributed by atoms with van der Waals surface area (Å²) in [7, 11) is 0. The predicted octanol–water partition coefficient (Wildman–Crippen LogP) is -1.05. The topological polar surface area (TPSA) is 122 Å². The third-order valence-corrected chi connectivity index (χ3v) is 5.12. The fraction of sp³-hybridized carbons (Fsp3) is 0.562. The number of esters is 2. The third kappa shape index (κ3) is 4.15. The van der Waals surface area contributed by atoms with Crippen molar-refractivity contribution < 1.29 is 71.9 Å². The van der Waals surface area contributed by atoms with E-state index in [-0.39, 0.29) is 70.3 Å². The molecule has 1 saturated carbocycles. The van der Waals surface area contributed by atoms with Crippen LogP contribution in [-0.4, -0.2) is 37.2 Å². The number of anilines is 1. The van der Waals surface area contributed by atoms with Gasteiger partial charge in [-0.3, -0.25) is 9.59 Å². The van der Waals surface area contributed by atoms with E-state index in [1.807, 2.05) is 0 Å². The Kier molecular flexibility index (Phi) is 6.43. The normalized spacial score (nSPS) is 19.6. The SMILES string of the molecule is Nc1nc(Cl)c2ncn(CCC3C(=O)OC4(CCCCC4)OC3=O)c2n1.[H-].[K+]. The summed E-state index contributed by atoms with van der Waals surface area (Å²) in [5.41, 5.74) is 6.48. The van der Waals surface area contributed by atoms with Crippen molar-refractivity contribution in [1.82, 2.24) is 19.5 Å². The van der Waals surface area contributed by atoms with Crippen molar-refractivity contribution in [1.29, 1.82) is 0 Å². The molecule has 11 heteroatoms. The van der Waals surface area contributed by atoms with Crippen LogP contribution in [0.5, 0.6) is 0 Å². The minimum Gasteiger partial charge on any atom is -1.00 e. The number of aromatic nitrogens is 4. The fourth-order valence-corrected chi connectivity index (χ4v) is 3.73. The molecule has 1 spiro atoms. The number of hydrogen-bond donors (Lipinski definition) is 1. The monoisotopic (exact) mass is 419 g/mol. The van der Waals surface area contributed by atoms with Gasteiger partial charge in [0.2, 0.25) is 5.95 Å². The molecule has 4 rings (SSSR count). The largest absolute Gasteiger partial charge is 1.00 e. The molecule has 2 N–H and O–H groups in total. The molecule has 2 fully saturated rings. The van der Waals surface area contributed by atoms with Gasteiger partial charge in [-0.25, -0.2) is 4.98 Å². The van der Waals surface area contributed by atoms with E-state index >= 15 is 0 Å². The molecule has 9 nitrogen and oxygen atoms in total. The molecule has 3 heterocycles. The van der Waals surface area contributed by atoms with Crippen molar-refractivity contribution in [2.45, 2.75) is 50.9 Å². The number of carbonyl (C=O) groups excluding carboxylic acids is 2. The Hall–Kier alpha value is -0.784. The van der Waals surface area contributed by atoms with Gasteiger partial charge in [0.05, 0.1) is 6.33 Å². The Morgan fingerprint density at radius 2 is 1.89 bits per heavy atom. The van der Waals surface area contributed by atoms with E-state index in [1.54, 1.807) is 4.57 Å². The van der Waals surface area contributed by atoms with Gasteiger partial charge in [-0.15, -0.1) is 0 Å². The van der Waals surface area contributed by atoms with E-state index in [2.05, 4.69) is 15.0 Å². The maximum absolute atomic E-state index is 12.4. The van der Waals surface area contributed by atoms with Crippen molar-refractivity contribution in [3.8, 4) is 0 Å². The Morgan fingerprint density at radius 3 is 2.56 bits per heavy atom. The molecule has 0 bridgehead atoms. The second-order valence-electron chi connectivity index (χ2n) is 6.64. The number of aryl methyl sites for hydroxylation is 1. The molecule has 1 aliphatic heterocycles. The van der Waals surface area contributed by atoms with Crippen LogP contribution in [0.15, 0.2) is 6.33 Å². The summed E-state index contributed by atoms with van der Waals surface area (Å²) in [6.45, 7) is 0.311. The van der Waals surface area contributed by atoms with Gasteiger partial charge in [0.1, 0.15) is 5.52 Å². The number of nitrogens with two attached hydrogens (primary N) is 1. The van der Waals surface area contributed by atoms with Gasteiger partial charge in [0.25, 0.3) is 5.79 Å². The van der Waals surface area contributed by atoms with E-state index in [4.69, 9.17) is 26.8 Å². The molecular weight excluding hydrogens is 401 g/mol. The van der Waals surface area contributed by atoms with Gasteiger partial charge in [-0.2, -0.15) is 9.97 Å². The van der Waals surface area contributed by atoms with Crippen LogP contribution >= 0.6 is 11.6 Å². The molecule has 0 atom stereocenters. The summed E-state index contributed by atoms with van der Waals surface area (Å²) in [5.74, 6) is -3.05. The second kappa shape index (κ2) is 8.30. The molecular formula is C16H19ClKN5O4. The summed E-state index contributed by atoms with van der Waals surface area (Å²) >= 11 is 6.00. The molecule has 1 saturated heterocycles. The minimum absolute atomic E-state index is 0. The van der Waals surface area contributed by atoms with Gasteiger partial charge in [-0.1, -0.05) is 18.0 Å². The Balaban J connectivity index is 0.00000140. The fourth-order valence-electron chi connectivity index (χ4n) is 3.51. The van der Waals surface area contributed by atoms with Gasteiger partial charge in [-0.05, 0) is 19.3 Å². The van der Waals surface area contributed by atoms with Crippen LogP contribution in [0.1, 0.15) is 40.0 Å². The van der Waals surface area contributed by atoms with Gasteiger partial charge in [0, 0.05) is 19.4 Å². The van der Waals surface area contributed by atoms with E-state index in [0.29, 0.717) is 30.6 Å². The zero-order chi connectivity index (χ0) is 18.3. The summed E-state index contributed by atoms with van der Waals surface area (Å²) in [4.78, 5) is 36.9. The van der Waals surface area contributed by atoms with Crippen molar-refractivity contribution in [3.05, 3.63) is 11.5 Å². The Labute approximate surface area is 204 Å². The zero-order valence-corrected chi connectivity index (χ0v) is 18.9. The summed E-state index contributed by atoms with van der Waals surface area (Å²) in [6, 6.07) is 0. The quantitative estimate of drug-likeness (QED) is 0.289. The van der Waals surface area contributed by atoms with E-state index < -0.39 is 23.6 Å². The number of ether oxygens (including phenoxy) is 2. The number of fused-ring (bicyclic) bond motifs is 1. The average molecular weight is 420 g/mol. The molecule has 0 aromatic carbocycles. The predicted molar refractivity (Wildman–Crippen MR) is 92.0 cm³/mol. The van der Waals surface area contributed by atoms with Crippen molar-refractivity contribution >= 4 is 40.7 Å². The Bertz CT molecular complexity index is 869. The molecule has 0 radical (unpaired) electrons. The van der Waals surface area contributed by atoms with Crippen LogP contribution in [0.25, 0.3) is 11.2 Å². The van der Waals surface area contributed by atoms with Crippen molar-refractivity contribution in [3.63, 3.8) is 0 Å². The molecule has 140 valence electrons. The van der Waals surface area contributed by atoms with Crippen molar-refractivity contribution in [2.24, 2.45) is 5.92 Å². The van der Waals surface area contributed by atoms with Crippen LogP contribution in [-0.2, 0) is 25.6 Å². The number of imidazole rings is 1. The smallest absolute Gasteiger partial charge is 1.00 e. The van der Waals surface area contributed by atoms with Crippen LogP contribution in [0.3, 0.4) is 0 Å². The Morgan fingerprint density at radius 1 is 1.22 bits per heavy atom. The summed E-state index contributed by atoms with van der Waals surface area (Å²) in [6.07, 6.45) is 5.69. The molecule has 27 heavy (non-hydrogen) atoms. The number of carbonyl (C=O) groups is 2. The van der Waals surface area contributed by atoms with E-state index in [0.717, 1.165) is 19.3 Å². The number of hydrogen-bond acceptors (Lipinski definition) is 8. The van der Waals surface area contributed by atoms with Crippen molar-refractivity contribution in [2.75, 3.05) is 5.73 Å². The van der Waals surface area contributed by atoms with E-state index in [1.165, 1.54) is 6.33 Å². The third-order valence-electron chi connectivity index (χ3n) is 4.85. The van der Waals surface area contributed by atoms with Crippen LogP contribution in [0.2, 0.25) is 5.15 Å². The van der Waals surface area contributed by atoms with Crippen LogP contribution in [0, 0.1) is 5.92 Å². The molecule has 0 unspecified atom stereocenters. The number of rotatable bonds is 3. The van der Waals surface area contributed by atoms with Gasteiger partial charge >= 0.3 is 63.3 Å². The maximum atomic E-state index is 12.4. The first-order valence-electron chi connectivity index (χ1n) is 8.57. The first-order chi connectivity index (χ1) is 12.5. The molecule has 0 amide bonds. The molecule has 2 aromatic rings. The van der Waals surface area contributed by atoms with Crippen LogP contribution < -0.4 is 57.1 Å². The molecule has 2 aromatic heterocycles. The molecule has 1 aliphatic carbocycles. The molecule has 2 aliphatic rings. The number of nitrogens with zero attached hydrogens (tertiary/aromatic N) is 4. The first-order valence-corrected chi connectivity index (χ1v) is 8.95.